The van der Waals surface area contributed by atoms with Crippen molar-refractivity contribution in [1.29, 1.82) is 0 Å². The standard InChI is InChI=1S/C19H22N6O2/c1-3-25-19(22-23-24-25)20-12-15-6-10-17(11-7-15)27-13-18(26)21-16-8-4-14(2)5-9-16/h4-11H,3,12-13H2,1-2H3,(H,21,26)(H,20,22,24). The summed E-state index contributed by atoms with van der Waals surface area (Å²) in [5, 5.41) is 17.4. The number of hydrogen-bond donors (Lipinski definition) is 2. The molecule has 0 aliphatic heterocycles. The summed E-state index contributed by atoms with van der Waals surface area (Å²) in [5.41, 5.74) is 2.95. The van der Waals surface area contributed by atoms with Crippen molar-refractivity contribution in [3.05, 3.63) is 59.7 Å². The molecule has 0 bridgehead atoms. The molecule has 0 radical (unpaired) electrons. The number of hydrogen-bond acceptors (Lipinski definition) is 6. The first-order valence-corrected chi connectivity index (χ1v) is 8.72. The van der Waals surface area contributed by atoms with Crippen LogP contribution in [0.2, 0.25) is 0 Å². The van der Waals surface area contributed by atoms with Gasteiger partial charge in [-0.05, 0) is 54.1 Å². The van der Waals surface area contributed by atoms with Gasteiger partial charge in [0, 0.05) is 18.8 Å². The molecule has 0 spiro atoms. The SMILES string of the molecule is CCn1nnnc1NCc1ccc(OCC(=O)Nc2ccc(C)cc2)cc1. The van der Waals surface area contributed by atoms with E-state index in [0.717, 1.165) is 16.8 Å². The number of tetrazole rings is 1. The highest BCUT2D eigenvalue weighted by molar-refractivity contribution is 5.91. The molecule has 2 N–H and O–H groups in total. The van der Waals surface area contributed by atoms with Crippen molar-refractivity contribution in [2.24, 2.45) is 0 Å². The number of carbonyl (C=O) groups is 1. The van der Waals surface area contributed by atoms with Gasteiger partial charge in [-0.1, -0.05) is 34.9 Å². The van der Waals surface area contributed by atoms with Gasteiger partial charge in [0.15, 0.2) is 6.61 Å². The van der Waals surface area contributed by atoms with Crippen LogP contribution in [0.3, 0.4) is 0 Å². The largest absolute Gasteiger partial charge is 0.484 e. The highest BCUT2D eigenvalue weighted by atomic mass is 16.5. The van der Waals surface area contributed by atoms with Gasteiger partial charge in [0.2, 0.25) is 5.95 Å². The van der Waals surface area contributed by atoms with Crippen LogP contribution in [0.4, 0.5) is 11.6 Å². The van der Waals surface area contributed by atoms with E-state index in [2.05, 4.69) is 26.2 Å². The third-order valence-corrected chi connectivity index (χ3v) is 3.91. The summed E-state index contributed by atoms with van der Waals surface area (Å²) < 4.78 is 7.22. The van der Waals surface area contributed by atoms with Crippen LogP contribution in [-0.4, -0.2) is 32.7 Å². The average molecular weight is 366 g/mol. The minimum Gasteiger partial charge on any atom is -0.484 e. The number of benzene rings is 2. The van der Waals surface area contributed by atoms with Crippen molar-refractivity contribution < 1.29 is 9.53 Å². The number of aromatic nitrogens is 4. The highest BCUT2D eigenvalue weighted by Crippen LogP contribution is 2.14. The summed E-state index contributed by atoms with van der Waals surface area (Å²) in [4.78, 5) is 12.0. The summed E-state index contributed by atoms with van der Waals surface area (Å²) >= 11 is 0. The second kappa shape index (κ2) is 8.79. The van der Waals surface area contributed by atoms with Crippen LogP contribution < -0.4 is 15.4 Å². The Hall–Kier alpha value is -3.42. The van der Waals surface area contributed by atoms with Gasteiger partial charge in [-0.15, -0.1) is 0 Å². The van der Waals surface area contributed by atoms with Crippen LogP contribution in [0.5, 0.6) is 5.75 Å². The molecular weight excluding hydrogens is 344 g/mol. The fourth-order valence-electron chi connectivity index (χ4n) is 2.41. The summed E-state index contributed by atoms with van der Waals surface area (Å²) in [5.74, 6) is 1.07. The van der Waals surface area contributed by atoms with Crippen LogP contribution in [0, 0.1) is 6.92 Å². The first-order chi connectivity index (χ1) is 13.1. The van der Waals surface area contributed by atoms with Gasteiger partial charge in [-0.25, -0.2) is 4.68 Å². The van der Waals surface area contributed by atoms with E-state index >= 15 is 0 Å². The van der Waals surface area contributed by atoms with Gasteiger partial charge in [0.25, 0.3) is 5.91 Å². The average Bonchev–Trinajstić information content (AvgIpc) is 3.15. The second-order valence-electron chi connectivity index (χ2n) is 6.02. The summed E-state index contributed by atoms with van der Waals surface area (Å²) in [6.45, 7) is 5.22. The number of nitrogens with one attached hydrogen (secondary N) is 2. The van der Waals surface area contributed by atoms with Gasteiger partial charge >= 0.3 is 0 Å². The molecular formula is C19H22N6O2. The van der Waals surface area contributed by atoms with E-state index in [1.807, 2.05) is 62.4 Å². The molecule has 1 aromatic heterocycles. The molecule has 0 unspecified atom stereocenters. The zero-order valence-electron chi connectivity index (χ0n) is 15.3. The van der Waals surface area contributed by atoms with E-state index in [1.54, 1.807) is 4.68 Å². The molecule has 1 heterocycles. The number of amides is 1. The number of carbonyl (C=O) groups excluding carboxylic acids is 1. The molecule has 0 fully saturated rings. The Kier molecular flexibility index (Phi) is 5.98. The number of rotatable bonds is 8. The van der Waals surface area contributed by atoms with E-state index in [0.29, 0.717) is 24.8 Å². The van der Waals surface area contributed by atoms with Gasteiger partial charge in [-0.2, -0.15) is 0 Å². The zero-order chi connectivity index (χ0) is 19.1. The Labute approximate surface area is 157 Å². The smallest absolute Gasteiger partial charge is 0.262 e. The van der Waals surface area contributed by atoms with Crippen molar-refractivity contribution >= 4 is 17.5 Å². The molecule has 0 saturated carbocycles. The Bertz CT molecular complexity index is 874. The van der Waals surface area contributed by atoms with Gasteiger partial charge < -0.3 is 15.4 Å². The number of aryl methyl sites for hydroxylation is 2. The molecule has 27 heavy (non-hydrogen) atoms. The Balaban J connectivity index is 1.46. The van der Waals surface area contributed by atoms with Crippen molar-refractivity contribution in [2.45, 2.75) is 26.9 Å². The van der Waals surface area contributed by atoms with E-state index in [-0.39, 0.29) is 12.5 Å². The number of ether oxygens (including phenoxy) is 1. The molecule has 0 aliphatic rings. The molecule has 8 nitrogen and oxygen atoms in total. The van der Waals surface area contributed by atoms with Crippen LogP contribution >= 0.6 is 0 Å². The fraction of sp³-hybridized carbons (Fsp3) is 0.263. The Morgan fingerprint density at radius 1 is 1.11 bits per heavy atom. The highest BCUT2D eigenvalue weighted by Gasteiger charge is 2.05. The maximum atomic E-state index is 12.0. The van der Waals surface area contributed by atoms with Gasteiger partial charge in [-0.3, -0.25) is 4.79 Å². The number of anilines is 2. The minimum absolute atomic E-state index is 0.0449. The third-order valence-electron chi connectivity index (χ3n) is 3.91. The monoisotopic (exact) mass is 366 g/mol. The van der Waals surface area contributed by atoms with E-state index < -0.39 is 0 Å². The van der Waals surface area contributed by atoms with Crippen molar-refractivity contribution in [3.8, 4) is 5.75 Å². The van der Waals surface area contributed by atoms with E-state index in [4.69, 9.17) is 4.74 Å². The molecule has 2 aromatic carbocycles. The predicted octanol–water partition coefficient (Wildman–Crippen LogP) is 2.63. The Morgan fingerprint density at radius 2 is 1.85 bits per heavy atom. The number of nitrogens with zero attached hydrogens (tertiary/aromatic N) is 4. The first kappa shape index (κ1) is 18.4. The summed E-state index contributed by atoms with van der Waals surface area (Å²) in [6, 6.07) is 15.1. The van der Waals surface area contributed by atoms with Crippen LogP contribution in [0.25, 0.3) is 0 Å². The van der Waals surface area contributed by atoms with Gasteiger partial charge in [0.1, 0.15) is 5.75 Å². The maximum absolute atomic E-state index is 12.0. The topological polar surface area (TPSA) is 94.0 Å². The molecule has 0 saturated heterocycles. The molecule has 140 valence electrons. The molecule has 1 amide bonds. The quantitative estimate of drug-likeness (QED) is 0.636. The molecule has 3 rings (SSSR count). The molecule has 0 aliphatic carbocycles. The zero-order valence-corrected chi connectivity index (χ0v) is 15.3. The first-order valence-electron chi connectivity index (χ1n) is 8.72. The summed E-state index contributed by atoms with van der Waals surface area (Å²) in [6.07, 6.45) is 0. The van der Waals surface area contributed by atoms with Crippen molar-refractivity contribution in [2.75, 3.05) is 17.2 Å². The van der Waals surface area contributed by atoms with Crippen molar-refractivity contribution in [1.82, 2.24) is 20.2 Å². The second-order valence-corrected chi connectivity index (χ2v) is 6.02. The normalized spacial score (nSPS) is 10.4. The molecule has 8 heteroatoms. The predicted molar refractivity (Wildman–Crippen MR) is 103 cm³/mol. The van der Waals surface area contributed by atoms with Crippen LogP contribution in [0.1, 0.15) is 18.1 Å². The lowest BCUT2D eigenvalue weighted by molar-refractivity contribution is -0.118. The van der Waals surface area contributed by atoms with Crippen molar-refractivity contribution in [3.63, 3.8) is 0 Å². The maximum Gasteiger partial charge on any atom is 0.262 e. The lowest BCUT2D eigenvalue weighted by Gasteiger charge is -2.09. The lowest BCUT2D eigenvalue weighted by atomic mass is 10.2. The third kappa shape index (κ3) is 5.27. The van der Waals surface area contributed by atoms with Gasteiger partial charge in [0.05, 0.1) is 0 Å². The minimum atomic E-state index is -0.198. The van der Waals surface area contributed by atoms with Crippen LogP contribution in [-0.2, 0) is 17.9 Å². The van der Waals surface area contributed by atoms with E-state index in [1.165, 1.54) is 0 Å². The van der Waals surface area contributed by atoms with Crippen LogP contribution in [0.15, 0.2) is 48.5 Å². The fourth-order valence-corrected chi connectivity index (χ4v) is 2.41. The Morgan fingerprint density at radius 3 is 2.56 bits per heavy atom. The summed E-state index contributed by atoms with van der Waals surface area (Å²) in [7, 11) is 0. The molecule has 3 aromatic rings. The van der Waals surface area contributed by atoms with E-state index in [9.17, 15) is 4.79 Å². The lowest BCUT2D eigenvalue weighted by Crippen LogP contribution is -2.20. The molecule has 0 atom stereocenters.